The maximum atomic E-state index is 12.7. The lowest BCUT2D eigenvalue weighted by atomic mass is 10.2. The van der Waals surface area contributed by atoms with Crippen molar-refractivity contribution in [2.45, 2.75) is 11.4 Å². The maximum Gasteiger partial charge on any atom is 0.251 e. The van der Waals surface area contributed by atoms with Crippen LogP contribution in [0.25, 0.3) is 0 Å². The molecule has 2 saturated heterocycles. The molecular weight excluding hydrogens is 420 g/mol. The van der Waals surface area contributed by atoms with Gasteiger partial charge < -0.3 is 19.7 Å². The van der Waals surface area contributed by atoms with Crippen LogP contribution >= 0.6 is 0 Å². The number of carbonyl (C=O) groups excluding carboxylic acids is 1. The molecule has 2 aliphatic heterocycles. The monoisotopic (exact) mass is 446 g/mol. The molecule has 3 heterocycles. The Morgan fingerprint density at radius 2 is 1.61 bits per heavy atom. The Bertz CT molecular complexity index is 1000. The second kappa shape index (κ2) is 9.73. The van der Waals surface area contributed by atoms with Gasteiger partial charge in [0, 0.05) is 44.5 Å². The predicted molar refractivity (Wildman–Crippen MR) is 114 cm³/mol. The summed E-state index contributed by atoms with van der Waals surface area (Å²) in [5.41, 5.74) is 1.35. The normalized spacial score (nSPS) is 18.0. The molecular formula is C21H26N4O5S. The highest BCUT2D eigenvalue weighted by molar-refractivity contribution is 7.89. The number of benzene rings is 1. The van der Waals surface area contributed by atoms with E-state index >= 15 is 0 Å². The van der Waals surface area contributed by atoms with Gasteiger partial charge in [-0.3, -0.25) is 4.79 Å². The predicted octanol–water partition coefficient (Wildman–Crippen LogP) is 0.869. The van der Waals surface area contributed by atoms with E-state index < -0.39 is 10.0 Å². The zero-order valence-electron chi connectivity index (χ0n) is 17.2. The number of rotatable bonds is 6. The molecule has 2 aromatic rings. The van der Waals surface area contributed by atoms with E-state index in [2.05, 4.69) is 15.2 Å². The molecule has 31 heavy (non-hydrogen) atoms. The van der Waals surface area contributed by atoms with E-state index in [1.165, 1.54) is 28.6 Å². The number of hydrogen-bond acceptors (Lipinski definition) is 7. The van der Waals surface area contributed by atoms with Crippen LogP contribution < -0.4 is 10.2 Å². The van der Waals surface area contributed by atoms with E-state index in [0.29, 0.717) is 51.6 Å². The number of amides is 1. The lowest BCUT2D eigenvalue weighted by Crippen LogP contribution is -2.40. The Morgan fingerprint density at radius 3 is 2.29 bits per heavy atom. The van der Waals surface area contributed by atoms with Crippen LogP contribution in [0.1, 0.15) is 15.9 Å². The van der Waals surface area contributed by atoms with Crippen LogP contribution in [0.5, 0.6) is 0 Å². The molecule has 2 aliphatic rings. The highest BCUT2D eigenvalue weighted by Gasteiger charge is 2.26. The van der Waals surface area contributed by atoms with Crippen molar-refractivity contribution in [1.29, 1.82) is 0 Å². The van der Waals surface area contributed by atoms with Gasteiger partial charge in [-0.2, -0.15) is 4.31 Å². The summed E-state index contributed by atoms with van der Waals surface area (Å²) in [6, 6.07) is 9.85. The van der Waals surface area contributed by atoms with E-state index in [9.17, 15) is 13.2 Å². The Kier molecular flexibility index (Phi) is 6.81. The van der Waals surface area contributed by atoms with Crippen molar-refractivity contribution in [3.8, 4) is 0 Å². The zero-order valence-corrected chi connectivity index (χ0v) is 18.0. The summed E-state index contributed by atoms with van der Waals surface area (Å²) in [6.07, 6.45) is 1.73. The Balaban J connectivity index is 1.37. The topological polar surface area (TPSA) is 101 Å². The van der Waals surface area contributed by atoms with Crippen molar-refractivity contribution in [2.24, 2.45) is 0 Å². The molecule has 0 saturated carbocycles. The minimum atomic E-state index is -3.57. The van der Waals surface area contributed by atoms with Crippen LogP contribution in [-0.2, 0) is 26.0 Å². The van der Waals surface area contributed by atoms with Crippen LogP contribution in [-0.4, -0.2) is 76.2 Å². The van der Waals surface area contributed by atoms with E-state index in [1.54, 1.807) is 6.20 Å². The zero-order chi connectivity index (χ0) is 21.7. The van der Waals surface area contributed by atoms with Crippen LogP contribution in [0.2, 0.25) is 0 Å². The van der Waals surface area contributed by atoms with Gasteiger partial charge >= 0.3 is 0 Å². The lowest BCUT2D eigenvalue weighted by Gasteiger charge is -2.28. The Hall–Kier alpha value is -2.53. The number of morpholine rings is 2. The first-order valence-electron chi connectivity index (χ1n) is 10.3. The summed E-state index contributed by atoms with van der Waals surface area (Å²) < 4.78 is 37.4. The summed E-state index contributed by atoms with van der Waals surface area (Å²) >= 11 is 0. The number of pyridine rings is 1. The third kappa shape index (κ3) is 5.21. The number of carbonyl (C=O) groups is 1. The van der Waals surface area contributed by atoms with Gasteiger partial charge in [0.15, 0.2) is 0 Å². The van der Waals surface area contributed by atoms with Crippen molar-refractivity contribution in [3.05, 3.63) is 53.7 Å². The van der Waals surface area contributed by atoms with Crippen molar-refractivity contribution in [1.82, 2.24) is 14.6 Å². The van der Waals surface area contributed by atoms with Gasteiger partial charge in [0.1, 0.15) is 5.82 Å². The fourth-order valence-electron chi connectivity index (χ4n) is 3.53. The number of ether oxygens (including phenoxy) is 2. The third-order valence-corrected chi connectivity index (χ3v) is 7.24. The molecule has 0 radical (unpaired) electrons. The summed E-state index contributed by atoms with van der Waals surface area (Å²) in [6.45, 7) is 4.76. The fraction of sp³-hybridized carbons (Fsp3) is 0.429. The standard InChI is InChI=1S/C21H26N4O5S/c26-21(23-16-17-5-6-22-20(15-17)24-7-11-29-12-8-24)18-1-3-19(4-2-18)31(27,28)25-9-13-30-14-10-25/h1-6,15H,7-14,16H2,(H,23,26). The number of aromatic nitrogens is 1. The molecule has 1 amide bonds. The van der Waals surface area contributed by atoms with E-state index in [0.717, 1.165) is 24.5 Å². The number of nitrogens with zero attached hydrogens (tertiary/aromatic N) is 3. The summed E-state index contributed by atoms with van der Waals surface area (Å²) in [5, 5.41) is 2.88. The van der Waals surface area contributed by atoms with E-state index in [4.69, 9.17) is 9.47 Å². The number of hydrogen-bond donors (Lipinski definition) is 1. The van der Waals surface area contributed by atoms with Crippen LogP contribution in [0.15, 0.2) is 47.5 Å². The fourth-order valence-corrected chi connectivity index (χ4v) is 4.94. The molecule has 2 fully saturated rings. The molecule has 1 aromatic carbocycles. The van der Waals surface area contributed by atoms with Crippen LogP contribution in [0.4, 0.5) is 5.82 Å². The second-order valence-corrected chi connectivity index (χ2v) is 9.28. The molecule has 0 atom stereocenters. The second-order valence-electron chi connectivity index (χ2n) is 7.35. The largest absolute Gasteiger partial charge is 0.379 e. The molecule has 4 rings (SSSR count). The van der Waals surface area contributed by atoms with E-state index in [1.807, 2.05) is 12.1 Å². The number of sulfonamides is 1. The first-order valence-corrected chi connectivity index (χ1v) is 11.7. The van der Waals surface area contributed by atoms with Crippen molar-refractivity contribution in [3.63, 3.8) is 0 Å². The van der Waals surface area contributed by atoms with Crippen molar-refractivity contribution >= 4 is 21.7 Å². The van der Waals surface area contributed by atoms with Gasteiger partial charge in [0.25, 0.3) is 5.91 Å². The van der Waals surface area contributed by atoms with Crippen molar-refractivity contribution in [2.75, 3.05) is 57.5 Å². The minimum Gasteiger partial charge on any atom is -0.379 e. The average molecular weight is 447 g/mol. The first-order chi connectivity index (χ1) is 15.0. The summed E-state index contributed by atoms with van der Waals surface area (Å²) in [4.78, 5) is 19.3. The molecule has 0 aliphatic carbocycles. The molecule has 9 nitrogen and oxygen atoms in total. The quantitative estimate of drug-likeness (QED) is 0.703. The number of nitrogens with one attached hydrogen (secondary N) is 1. The first kappa shape index (κ1) is 21.7. The highest BCUT2D eigenvalue weighted by atomic mass is 32.2. The van der Waals surface area contributed by atoms with Gasteiger partial charge in [-0.1, -0.05) is 0 Å². The SMILES string of the molecule is O=C(NCc1ccnc(N2CCOCC2)c1)c1ccc(S(=O)(=O)N2CCOCC2)cc1. The van der Waals surface area contributed by atoms with Crippen LogP contribution in [0.3, 0.4) is 0 Å². The molecule has 0 spiro atoms. The average Bonchev–Trinajstić information content (AvgIpc) is 2.84. The van der Waals surface area contributed by atoms with Crippen LogP contribution in [0, 0.1) is 0 Å². The Morgan fingerprint density at radius 1 is 0.968 bits per heavy atom. The van der Waals surface area contributed by atoms with Gasteiger partial charge in [-0.15, -0.1) is 0 Å². The molecule has 166 valence electrons. The number of anilines is 1. The lowest BCUT2D eigenvalue weighted by molar-refractivity contribution is 0.0730. The summed E-state index contributed by atoms with van der Waals surface area (Å²) in [5.74, 6) is 0.604. The molecule has 0 bridgehead atoms. The smallest absolute Gasteiger partial charge is 0.251 e. The van der Waals surface area contributed by atoms with Gasteiger partial charge in [-0.25, -0.2) is 13.4 Å². The maximum absolute atomic E-state index is 12.7. The molecule has 0 unspecified atom stereocenters. The highest BCUT2D eigenvalue weighted by Crippen LogP contribution is 2.18. The third-order valence-electron chi connectivity index (χ3n) is 5.32. The van der Waals surface area contributed by atoms with E-state index in [-0.39, 0.29) is 10.8 Å². The molecule has 1 N–H and O–H groups in total. The van der Waals surface area contributed by atoms with Gasteiger partial charge in [0.05, 0.1) is 31.3 Å². The van der Waals surface area contributed by atoms with Crippen molar-refractivity contribution < 1.29 is 22.7 Å². The molecule has 1 aromatic heterocycles. The molecule has 10 heteroatoms. The minimum absolute atomic E-state index is 0.176. The van der Waals surface area contributed by atoms with Gasteiger partial charge in [0.2, 0.25) is 10.0 Å². The Labute approximate surface area is 182 Å². The summed E-state index contributed by atoms with van der Waals surface area (Å²) in [7, 11) is -3.57. The van der Waals surface area contributed by atoms with Gasteiger partial charge in [-0.05, 0) is 42.0 Å².